The van der Waals surface area contributed by atoms with Gasteiger partial charge in [0, 0.05) is 0 Å². The van der Waals surface area contributed by atoms with Crippen LogP contribution < -0.4 is 0 Å². The number of aliphatic hydroxyl groups excluding tert-OH is 2. The lowest BCUT2D eigenvalue weighted by Crippen LogP contribution is -2.18. The van der Waals surface area contributed by atoms with Crippen LogP contribution in [0.5, 0.6) is 0 Å². The van der Waals surface area contributed by atoms with E-state index in [1.807, 2.05) is 0 Å². The number of rotatable bonds is 4. The van der Waals surface area contributed by atoms with Gasteiger partial charge in [0.15, 0.2) is 0 Å². The van der Waals surface area contributed by atoms with Gasteiger partial charge in [-0.25, -0.2) is 4.39 Å². The molecule has 2 N–H and O–H groups in total. The van der Waals surface area contributed by atoms with Crippen LogP contribution in [0.1, 0.15) is 18.1 Å². The highest BCUT2D eigenvalue weighted by Gasteiger charge is 2.20. The summed E-state index contributed by atoms with van der Waals surface area (Å²) in [6.07, 6.45) is -1.91. The maximum Gasteiger partial charge on any atom is 0.143 e. The van der Waals surface area contributed by atoms with Crippen LogP contribution in [0.3, 0.4) is 0 Å². The van der Waals surface area contributed by atoms with Crippen LogP contribution in [0, 0.1) is 5.82 Å². The van der Waals surface area contributed by atoms with Crippen LogP contribution in [-0.4, -0.2) is 22.1 Å². The second-order valence-electron chi connectivity index (χ2n) is 3.32. The summed E-state index contributed by atoms with van der Waals surface area (Å²) in [7, 11) is 0. The number of thiol groups is 1. The Bertz CT molecular complexity index is 353. The average Bonchev–Trinajstić information content (AvgIpc) is 2.24. The summed E-state index contributed by atoms with van der Waals surface area (Å²) in [6, 6.07) is 2.39. The Morgan fingerprint density at radius 3 is 2.44 bits per heavy atom. The van der Waals surface area contributed by atoms with E-state index in [2.05, 4.69) is 12.6 Å². The zero-order valence-electron chi connectivity index (χ0n) is 8.20. The molecule has 0 saturated heterocycles. The van der Waals surface area contributed by atoms with Gasteiger partial charge in [-0.2, -0.15) is 12.6 Å². The van der Waals surface area contributed by atoms with Gasteiger partial charge < -0.3 is 10.2 Å². The van der Waals surface area contributed by atoms with Gasteiger partial charge in [-0.05, 0) is 29.9 Å². The van der Waals surface area contributed by atoms with Crippen LogP contribution >= 0.6 is 35.8 Å². The summed E-state index contributed by atoms with van der Waals surface area (Å²) in [5.74, 6) is -0.302. The Morgan fingerprint density at radius 1 is 1.31 bits per heavy atom. The lowest BCUT2D eigenvalue weighted by atomic mass is 10.0. The quantitative estimate of drug-likeness (QED) is 0.588. The molecule has 0 amide bonds. The van der Waals surface area contributed by atoms with Crippen LogP contribution in [0.15, 0.2) is 12.1 Å². The standard InChI is InChI=1S/C10H11Cl2FO2S/c11-6-3-5(4-7(13)9(6)12)10(15)8(14)1-2-16/h3-4,8,10,14-16H,1-2H2. The van der Waals surface area contributed by atoms with Crippen LogP contribution in [0.25, 0.3) is 0 Å². The fourth-order valence-electron chi connectivity index (χ4n) is 1.26. The fourth-order valence-corrected chi connectivity index (χ4v) is 1.85. The van der Waals surface area contributed by atoms with Gasteiger partial charge in [-0.1, -0.05) is 23.2 Å². The third-order valence-corrected chi connectivity index (χ3v) is 3.17. The molecule has 2 unspecified atom stereocenters. The SMILES string of the molecule is OC(CCS)C(O)c1cc(F)c(Cl)c(Cl)c1. The van der Waals surface area contributed by atoms with Gasteiger partial charge in [-0.15, -0.1) is 0 Å². The molecule has 1 rings (SSSR count). The van der Waals surface area contributed by atoms with Crippen molar-refractivity contribution in [3.8, 4) is 0 Å². The van der Waals surface area contributed by atoms with E-state index in [0.717, 1.165) is 6.07 Å². The summed E-state index contributed by atoms with van der Waals surface area (Å²) < 4.78 is 13.2. The van der Waals surface area contributed by atoms with E-state index in [0.29, 0.717) is 12.2 Å². The minimum Gasteiger partial charge on any atom is -0.390 e. The molecule has 0 aromatic heterocycles. The summed E-state index contributed by atoms with van der Waals surface area (Å²) in [5, 5.41) is 19.0. The third-order valence-electron chi connectivity index (χ3n) is 2.14. The summed E-state index contributed by atoms with van der Waals surface area (Å²) >= 11 is 15.1. The molecule has 90 valence electrons. The predicted molar refractivity (Wildman–Crippen MR) is 65.9 cm³/mol. The first-order valence-electron chi connectivity index (χ1n) is 4.58. The molecule has 0 spiro atoms. The topological polar surface area (TPSA) is 40.5 Å². The maximum absolute atomic E-state index is 13.2. The molecule has 0 fully saturated rings. The molecule has 2 atom stereocenters. The van der Waals surface area contributed by atoms with E-state index in [1.165, 1.54) is 6.07 Å². The number of benzene rings is 1. The van der Waals surface area contributed by atoms with Gasteiger partial charge in [0.25, 0.3) is 0 Å². The van der Waals surface area contributed by atoms with E-state index in [1.54, 1.807) is 0 Å². The molecule has 1 aromatic rings. The average molecular weight is 285 g/mol. The Balaban J connectivity index is 2.96. The van der Waals surface area contributed by atoms with E-state index in [-0.39, 0.29) is 15.6 Å². The first-order valence-corrected chi connectivity index (χ1v) is 5.97. The Labute approximate surface area is 108 Å². The van der Waals surface area contributed by atoms with Crippen LogP contribution in [0.4, 0.5) is 4.39 Å². The van der Waals surface area contributed by atoms with Crippen molar-refractivity contribution in [1.82, 2.24) is 0 Å². The monoisotopic (exact) mass is 284 g/mol. The highest BCUT2D eigenvalue weighted by molar-refractivity contribution is 7.80. The number of hydrogen-bond donors (Lipinski definition) is 3. The highest BCUT2D eigenvalue weighted by Crippen LogP contribution is 2.30. The van der Waals surface area contributed by atoms with E-state index in [4.69, 9.17) is 23.2 Å². The van der Waals surface area contributed by atoms with Crippen molar-refractivity contribution in [2.24, 2.45) is 0 Å². The van der Waals surface area contributed by atoms with E-state index < -0.39 is 18.0 Å². The number of halogens is 3. The van der Waals surface area contributed by atoms with Gasteiger partial charge in [-0.3, -0.25) is 0 Å². The van der Waals surface area contributed by atoms with Gasteiger partial charge in [0.05, 0.1) is 16.1 Å². The predicted octanol–water partition coefficient (Wildman–Crippen LogP) is 2.85. The normalized spacial score (nSPS) is 14.9. The number of hydrogen-bond acceptors (Lipinski definition) is 3. The van der Waals surface area contributed by atoms with Crippen molar-refractivity contribution in [2.45, 2.75) is 18.6 Å². The lowest BCUT2D eigenvalue weighted by molar-refractivity contribution is 0.0171. The largest absolute Gasteiger partial charge is 0.390 e. The first kappa shape index (κ1) is 14.1. The molecular weight excluding hydrogens is 274 g/mol. The maximum atomic E-state index is 13.2. The van der Waals surface area contributed by atoms with Crippen molar-refractivity contribution in [2.75, 3.05) is 5.75 Å². The summed E-state index contributed by atoms with van der Waals surface area (Å²) in [5.41, 5.74) is 0.196. The molecule has 2 nitrogen and oxygen atoms in total. The molecule has 0 aliphatic rings. The lowest BCUT2D eigenvalue weighted by Gasteiger charge is -2.18. The summed E-state index contributed by atoms with van der Waals surface area (Å²) in [6.45, 7) is 0. The van der Waals surface area contributed by atoms with Gasteiger partial charge in [0.1, 0.15) is 11.9 Å². The van der Waals surface area contributed by atoms with E-state index in [9.17, 15) is 14.6 Å². The second kappa shape index (κ2) is 6.07. The van der Waals surface area contributed by atoms with Crippen LogP contribution in [-0.2, 0) is 0 Å². The van der Waals surface area contributed by atoms with Gasteiger partial charge in [0.2, 0.25) is 0 Å². The Hall–Kier alpha value is -0.0000000000000000555. The second-order valence-corrected chi connectivity index (χ2v) is 4.56. The molecule has 0 heterocycles. The van der Waals surface area contributed by atoms with Crippen molar-refractivity contribution < 1.29 is 14.6 Å². The van der Waals surface area contributed by atoms with Crippen molar-refractivity contribution in [1.29, 1.82) is 0 Å². The smallest absolute Gasteiger partial charge is 0.143 e. The molecule has 0 aliphatic carbocycles. The Kier molecular flexibility index (Phi) is 5.34. The Morgan fingerprint density at radius 2 is 1.94 bits per heavy atom. The molecule has 6 heteroatoms. The molecule has 0 saturated carbocycles. The zero-order chi connectivity index (χ0) is 12.3. The molecule has 1 aromatic carbocycles. The molecule has 0 radical (unpaired) electrons. The molecular formula is C10H11Cl2FO2S. The van der Waals surface area contributed by atoms with Crippen molar-refractivity contribution in [3.05, 3.63) is 33.6 Å². The van der Waals surface area contributed by atoms with Gasteiger partial charge >= 0.3 is 0 Å². The highest BCUT2D eigenvalue weighted by atomic mass is 35.5. The molecule has 0 bridgehead atoms. The first-order chi connectivity index (χ1) is 7.47. The van der Waals surface area contributed by atoms with Crippen molar-refractivity contribution in [3.63, 3.8) is 0 Å². The minimum atomic E-state index is -1.20. The zero-order valence-corrected chi connectivity index (χ0v) is 10.6. The fraction of sp³-hybridized carbons (Fsp3) is 0.400. The van der Waals surface area contributed by atoms with E-state index >= 15 is 0 Å². The molecule has 16 heavy (non-hydrogen) atoms. The molecule has 0 aliphatic heterocycles. The minimum absolute atomic E-state index is 0.00814. The number of aliphatic hydroxyl groups is 2. The van der Waals surface area contributed by atoms with Crippen LogP contribution in [0.2, 0.25) is 10.0 Å². The third kappa shape index (κ3) is 3.25. The summed E-state index contributed by atoms with van der Waals surface area (Å²) in [4.78, 5) is 0. The van der Waals surface area contributed by atoms with Crippen molar-refractivity contribution >= 4 is 35.8 Å².